The number of ether oxygens (including phenoxy) is 4. The number of allylic oxidation sites excluding steroid dienone is 12. The number of esters is 1. The Morgan fingerprint density at radius 2 is 1.24 bits per heavy atom. The molecule has 1 aliphatic carbocycles. The van der Waals surface area contributed by atoms with E-state index in [2.05, 4.69) is 5.32 Å². The Labute approximate surface area is 418 Å². The molecule has 71 heavy (non-hydrogen) atoms. The SMILES string of the molecule is CC1OC(O[C@H]2C=CC=CC=CC=CC=CC=CC=CC(C)[C@@H](O)C(C)C(C)OC(=O)C[C@H](O)C[C@H](O)CC[C@@H](O)[C@H](O)C[C@H](O)C[C@]3(O)CC(O)[C@@H](C(=O)NC4CCCCC4)C(C2)O3)C(O)C(N)C1O. The monoisotopic (exact) mass is 1000 g/mol. The van der Waals surface area contributed by atoms with Crippen molar-refractivity contribution in [3.63, 3.8) is 0 Å². The average Bonchev–Trinajstić information content (AvgIpc) is 3.30. The van der Waals surface area contributed by atoms with Gasteiger partial charge in [-0.25, -0.2) is 0 Å². The van der Waals surface area contributed by atoms with Gasteiger partial charge in [0.25, 0.3) is 0 Å². The number of nitrogens with two attached hydrogens (primary N) is 1. The van der Waals surface area contributed by atoms with Gasteiger partial charge in [-0.05, 0) is 46.0 Å². The summed E-state index contributed by atoms with van der Waals surface area (Å²) in [5.41, 5.74) is 6.13. The van der Waals surface area contributed by atoms with Crippen molar-refractivity contribution in [1.82, 2.24) is 5.32 Å². The van der Waals surface area contributed by atoms with Gasteiger partial charge in [-0.2, -0.15) is 0 Å². The maximum atomic E-state index is 14.1. The number of aliphatic hydroxyl groups excluding tert-OH is 9. The van der Waals surface area contributed by atoms with E-state index in [9.17, 15) is 60.7 Å². The Morgan fingerprint density at radius 3 is 1.86 bits per heavy atom. The van der Waals surface area contributed by atoms with Crippen molar-refractivity contribution in [2.24, 2.45) is 23.5 Å². The van der Waals surface area contributed by atoms with Crippen LogP contribution in [0.3, 0.4) is 0 Å². The zero-order valence-corrected chi connectivity index (χ0v) is 41.7. The summed E-state index contributed by atoms with van der Waals surface area (Å²) in [6, 6.07) is -1.25. The minimum atomic E-state index is -2.25. The van der Waals surface area contributed by atoms with E-state index in [0.717, 1.165) is 32.1 Å². The van der Waals surface area contributed by atoms with E-state index < -0.39 is 147 Å². The third-order valence-corrected chi connectivity index (χ3v) is 14.0. The summed E-state index contributed by atoms with van der Waals surface area (Å²) in [5, 5.41) is 113. The van der Waals surface area contributed by atoms with Crippen molar-refractivity contribution in [2.75, 3.05) is 0 Å². The zero-order valence-electron chi connectivity index (χ0n) is 41.7. The molecule has 3 heterocycles. The van der Waals surface area contributed by atoms with Crippen LogP contribution in [0.1, 0.15) is 111 Å². The van der Waals surface area contributed by atoms with Gasteiger partial charge in [-0.3, -0.25) is 9.59 Å². The molecule has 402 valence electrons. The number of fused-ring (bicyclic) bond motifs is 2. The van der Waals surface area contributed by atoms with Crippen LogP contribution in [0.15, 0.2) is 85.1 Å². The predicted octanol–water partition coefficient (Wildman–Crippen LogP) is 2.08. The fraction of sp³-hybridized carbons (Fsp3) is 0.698. The van der Waals surface area contributed by atoms with Crippen LogP contribution in [0.5, 0.6) is 0 Å². The average molecular weight is 1010 g/mol. The number of hydrogen-bond donors (Lipinski definition) is 12. The van der Waals surface area contributed by atoms with Crippen LogP contribution in [0.4, 0.5) is 0 Å². The summed E-state index contributed by atoms with van der Waals surface area (Å²) in [5.74, 6) is -5.41. The van der Waals surface area contributed by atoms with Crippen LogP contribution in [0.2, 0.25) is 0 Å². The number of nitrogens with one attached hydrogen (secondary N) is 1. The first kappa shape index (κ1) is 60.1. The lowest BCUT2D eigenvalue weighted by atomic mass is 9.81. The lowest BCUT2D eigenvalue weighted by Gasteiger charge is -2.46. The number of hydrogen-bond acceptors (Lipinski definition) is 17. The van der Waals surface area contributed by atoms with Gasteiger partial charge < -0.3 is 81.1 Å². The fourth-order valence-electron chi connectivity index (χ4n) is 9.53. The molecule has 4 aliphatic rings. The quantitative estimate of drug-likeness (QED) is 0.180. The molecule has 18 heteroatoms. The highest BCUT2D eigenvalue weighted by Crippen LogP contribution is 2.38. The lowest BCUT2D eigenvalue weighted by Crippen LogP contribution is -2.62. The molecule has 0 radical (unpaired) electrons. The first-order valence-corrected chi connectivity index (χ1v) is 25.4. The molecule has 10 unspecified atom stereocenters. The number of rotatable bonds is 4. The maximum absolute atomic E-state index is 14.1. The summed E-state index contributed by atoms with van der Waals surface area (Å²) in [4.78, 5) is 26.8. The van der Waals surface area contributed by atoms with Crippen molar-refractivity contribution in [2.45, 2.75) is 215 Å². The van der Waals surface area contributed by atoms with Crippen LogP contribution < -0.4 is 11.1 Å². The fourth-order valence-corrected chi connectivity index (χ4v) is 9.53. The summed E-state index contributed by atoms with van der Waals surface area (Å²) >= 11 is 0. The molecule has 2 saturated heterocycles. The first-order valence-electron chi connectivity index (χ1n) is 25.4. The summed E-state index contributed by atoms with van der Waals surface area (Å²) < 4.78 is 23.9. The van der Waals surface area contributed by atoms with Crippen LogP contribution in [-0.2, 0) is 28.5 Å². The van der Waals surface area contributed by atoms with E-state index >= 15 is 0 Å². The normalized spacial score (nSPS) is 41.0. The minimum absolute atomic E-state index is 0.0856. The highest BCUT2D eigenvalue weighted by Gasteiger charge is 2.51. The molecule has 2 bridgehead atoms. The van der Waals surface area contributed by atoms with Crippen molar-refractivity contribution < 1.29 is 79.6 Å². The molecule has 1 saturated carbocycles. The Kier molecular flexibility index (Phi) is 25.5. The highest BCUT2D eigenvalue weighted by molar-refractivity contribution is 5.80. The number of amides is 1. The van der Waals surface area contributed by atoms with Gasteiger partial charge in [0.1, 0.15) is 12.2 Å². The first-order chi connectivity index (χ1) is 33.7. The molecular weight excluding hydrogens is 921 g/mol. The van der Waals surface area contributed by atoms with Crippen molar-refractivity contribution in [3.8, 4) is 0 Å². The van der Waals surface area contributed by atoms with Crippen LogP contribution >= 0.6 is 0 Å². The molecule has 0 aromatic carbocycles. The molecule has 3 fully saturated rings. The molecule has 18 nitrogen and oxygen atoms in total. The second-order valence-corrected chi connectivity index (χ2v) is 20.1. The van der Waals surface area contributed by atoms with Gasteiger partial charge >= 0.3 is 5.97 Å². The van der Waals surface area contributed by atoms with Crippen LogP contribution in [0, 0.1) is 17.8 Å². The van der Waals surface area contributed by atoms with E-state index in [1.807, 2.05) is 55.5 Å². The lowest BCUT2D eigenvalue weighted by molar-refractivity contribution is -0.307. The molecule has 1 amide bonds. The molecule has 13 N–H and O–H groups in total. The van der Waals surface area contributed by atoms with Crippen molar-refractivity contribution >= 4 is 11.9 Å². The Morgan fingerprint density at radius 1 is 0.648 bits per heavy atom. The third-order valence-electron chi connectivity index (χ3n) is 14.0. The molecule has 4 rings (SSSR count). The molecule has 0 aromatic rings. The Bertz CT molecular complexity index is 1820. The van der Waals surface area contributed by atoms with E-state index in [1.54, 1.807) is 57.2 Å². The summed E-state index contributed by atoms with van der Waals surface area (Å²) in [7, 11) is 0. The van der Waals surface area contributed by atoms with Gasteiger partial charge in [0.15, 0.2) is 12.1 Å². The van der Waals surface area contributed by atoms with E-state index in [-0.39, 0.29) is 37.6 Å². The molecular formula is C53H84N2O16. The van der Waals surface area contributed by atoms with Gasteiger partial charge in [0.2, 0.25) is 5.91 Å². The topological polar surface area (TPSA) is 311 Å². The van der Waals surface area contributed by atoms with Gasteiger partial charge in [-0.1, -0.05) is 118 Å². The van der Waals surface area contributed by atoms with E-state index in [4.69, 9.17) is 24.7 Å². The van der Waals surface area contributed by atoms with Gasteiger partial charge in [0, 0.05) is 43.6 Å². The predicted molar refractivity (Wildman–Crippen MR) is 264 cm³/mol. The van der Waals surface area contributed by atoms with Crippen LogP contribution in [-0.4, -0.2) is 166 Å². The summed E-state index contributed by atoms with van der Waals surface area (Å²) in [6.45, 7) is 6.83. The standard InChI is InChI=1S/C53H84N2O16/c1-32-20-16-13-11-9-7-5-6-8-10-12-14-19-23-40(70-52-50(65)47(54)49(64)35(4)69-52)29-44-46(51(66)55-36-21-17-15-18-22-36)43(61)31-53(67,71-44)30-39(58)27-42(60)41(59)25-24-37(56)26-38(57)28-45(62)68-34(3)33(2)48(32)63/h5-14,16,19-20,23,32-44,46-50,52,56-61,63-65,67H,15,17-18,21-22,24-31,54H2,1-4H3,(H,55,66)/t32?,33?,34?,35?,37-,38-,39+,40+,41-,42-,43?,44?,46-,47?,48-,49?,50?,52?,53-/m1/s1. The largest absolute Gasteiger partial charge is 0.462 e. The second-order valence-electron chi connectivity index (χ2n) is 20.1. The van der Waals surface area contributed by atoms with E-state index in [1.165, 1.54) is 0 Å². The van der Waals surface area contributed by atoms with Gasteiger partial charge in [-0.15, -0.1) is 0 Å². The number of cyclic esters (lactones) is 1. The van der Waals surface area contributed by atoms with Crippen LogP contribution in [0.25, 0.3) is 0 Å². The number of aliphatic hydroxyl groups is 10. The Hall–Kier alpha value is -3.44. The molecule has 0 aromatic heterocycles. The van der Waals surface area contributed by atoms with E-state index in [0.29, 0.717) is 0 Å². The second kappa shape index (κ2) is 30.1. The molecule has 0 spiro atoms. The number of carbonyl (C=O) groups excluding carboxylic acids is 2. The minimum Gasteiger partial charge on any atom is -0.462 e. The highest BCUT2D eigenvalue weighted by atomic mass is 16.7. The van der Waals surface area contributed by atoms with Crippen molar-refractivity contribution in [3.05, 3.63) is 85.1 Å². The zero-order chi connectivity index (χ0) is 52.3. The molecule has 3 aliphatic heterocycles. The smallest absolute Gasteiger partial charge is 0.308 e. The Balaban J connectivity index is 1.60. The maximum Gasteiger partial charge on any atom is 0.308 e. The molecule has 19 atom stereocenters. The summed E-state index contributed by atoms with van der Waals surface area (Å²) in [6.07, 6.45) is 9.70. The van der Waals surface area contributed by atoms with Crippen molar-refractivity contribution in [1.29, 1.82) is 0 Å². The van der Waals surface area contributed by atoms with Gasteiger partial charge in [0.05, 0.1) is 85.5 Å². The third kappa shape index (κ3) is 20.1. The number of carbonyl (C=O) groups is 2.